The smallest absolute Gasteiger partial charge is 0.349 e. The molecule has 1 amide bonds. The van der Waals surface area contributed by atoms with Crippen molar-refractivity contribution in [3.63, 3.8) is 0 Å². The fourth-order valence-electron chi connectivity index (χ4n) is 2.87. The molecule has 0 aliphatic rings. The van der Waals surface area contributed by atoms with Crippen LogP contribution in [0, 0.1) is 0 Å². The summed E-state index contributed by atoms with van der Waals surface area (Å²) >= 11 is 23.5. The predicted molar refractivity (Wildman–Crippen MR) is 134 cm³/mol. The summed E-state index contributed by atoms with van der Waals surface area (Å²) < 4.78 is 10.3. The number of halogens is 4. The summed E-state index contributed by atoms with van der Waals surface area (Å²) in [5, 5.41) is 13.2. The van der Waals surface area contributed by atoms with Gasteiger partial charge in [-0.25, -0.2) is 14.4 Å². The van der Waals surface area contributed by atoms with Gasteiger partial charge in [0, 0.05) is 25.8 Å². The monoisotopic (exact) mass is 569 g/mol. The van der Waals surface area contributed by atoms with Gasteiger partial charge in [-0.3, -0.25) is 4.79 Å². The number of esters is 2. The third-order valence-electron chi connectivity index (χ3n) is 4.53. The SMILES string of the molecule is O=C(O[C@H](C(=O)Nc1cc(Cl)cc(Cl)c1)[C@@H](OC(=O)c1ccc(Cl)cc1)C(=O)O)c1ccc(Cl)cc1. The fraction of sp³-hybridized carbons (Fsp3) is 0.0833. The molecule has 8 nitrogen and oxygen atoms in total. The normalized spacial score (nSPS) is 12.2. The Bertz CT molecular complexity index is 1280. The largest absolute Gasteiger partial charge is 0.478 e. The summed E-state index contributed by atoms with van der Waals surface area (Å²) in [6, 6.07) is 14.9. The molecule has 0 saturated carbocycles. The van der Waals surface area contributed by atoms with Crippen molar-refractivity contribution in [3.05, 3.63) is 97.9 Å². The zero-order valence-electron chi connectivity index (χ0n) is 17.9. The van der Waals surface area contributed by atoms with Crippen molar-refractivity contribution in [1.82, 2.24) is 0 Å². The summed E-state index contributed by atoms with van der Waals surface area (Å²) in [7, 11) is 0. The average molecular weight is 571 g/mol. The van der Waals surface area contributed by atoms with Gasteiger partial charge in [0.25, 0.3) is 5.91 Å². The van der Waals surface area contributed by atoms with Gasteiger partial charge in [0.1, 0.15) is 0 Å². The summed E-state index contributed by atoms with van der Waals surface area (Å²) in [4.78, 5) is 50.5. The van der Waals surface area contributed by atoms with Gasteiger partial charge in [0.05, 0.1) is 11.1 Å². The van der Waals surface area contributed by atoms with Crippen LogP contribution in [-0.4, -0.2) is 41.1 Å². The molecule has 0 aliphatic carbocycles. The molecule has 0 aliphatic heterocycles. The summed E-state index contributed by atoms with van der Waals surface area (Å²) in [6.45, 7) is 0. The van der Waals surface area contributed by atoms with Gasteiger partial charge in [0.15, 0.2) is 0 Å². The van der Waals surface area contributed by atoms with E-state index >= 15 is 0 Å². The van der Waals surface area contributed by atoms with E-state index in [1.54, 1.807) is 0 Å². The molecule has 3 rings (SSSR count). The first-order chi connectivity index (χ1) is 17.0. The number of ether oxygens (including phenoxy) is 2. The lowest BCUT2D eigenvalue weighted by molar-refractivity contribution is -0.157. The van der Waals surface area contributed by atoms with Crippen molar-refractivity contribution >= 4 is 75.9 Å². The van der Waals surface area contributed by atoms with Crippen LogP contribution in [0.5, 0.6) is 0 Å². The van der Waals surface area contributed by atoms with Crippen LogP contribution in [0.15, 0.2) is 66.7 Å². The lowest BCUT2D eigenvalue weighted by atomic mass is 10.1. The topological polar surface area (TPSA) is 119 Å². The maximum atomic E-state index is 13.1. The molecule has 0 spiro atoms. The van der Waals surface area contributed by atoms with E-state index in [4.69, 9.17) is 55.9 Å². The molecular formula is C24H15Cl4NO7. The van der Waals surface area contributed by atoms with Crippen molar-refractivity contribution in [1.29, 1.82) is 0 Å². The number of anilines is 1. The lowest BCUT2D eigenvalue weighted by Crippen LogP contribution is -2.48. The summed E-state index contributed by atoms with van der Waals surface area (Å²) in [6.07, 6.45) is -4.33. The predicted octanol–water partition coefficient (Wildman–Crippen LogP) is 5.77. The van der Waals surface area contributed by atoms with Gasteiger partial charge in [0.2, 0.25) is 12.2 Å². The first-order valence-corrected chi connectivity index (χ1v) is 11.5. The highest BCUT2D eigenvalue weighted by molar-refractivity contribution is 6.35. The molecule has 3 aromatic rings. The second-order valence-electron chi connectivity index (χ2n) is 7.15. The van der Waals surface area contributed by atoms with Crippen molar-refractivity contribution in [2.75, 3.05) is 5.32 Å². The molecule has 12 heteroatoms. The standard InChI is InChI=1S/C24H15Cl4NO7/c25-14-5-1-12(2-6-14)23(33)35-19(21(30)29-18-10-16(27)9-17(28)11-18)20(22(31)32)36-24(34)13-3-7-15(26)8-4-13/h1-11,19-20H,(H,29,30)(H,31,32)/t19-,20+/m0/s1. The van der Waals surface area contributed by atoms with Gasteiger partial charge in [-0.1, -0.05) is 46.4 Å². The molecule has 0 heterocycles. The second-order valence-corrected chi connectivity index (χ2v) is 8.90. The van der Waals surface area contributed by atoms with Gasteiger partial charge in [-0.15, -0.1) is 0 Å². The van der Waals surface area contributed by atoms with E-state index in [0.29, 0.717) is 10.0 Å². The molecule has 0 bridgehead atoms. The highest BCUT2D eigenvalue weighted by atomic mass is 35.5. The summed E-state index contributed by atoms with van der Waals surface area (Å²) in [5.41, 5.74) is 0.00448. The molecule has 0 unspecified atom stereocenters. The van der Waals surface area contributed by atoms with Crippen LogP contribution in [0.4, 0.5) is 5.69 Å². The van der Waals surface area contributed by atoms with Crippen LogP contribution >= 0.6 is 46.4 Å². The summed E-state index contributed by atoms with van der Waals surface area (Å²) in [5.74, 6) is -5.02. The zero-order valence-corrected chi connectivity index (χ0v) is 20.9. The molecule has 2 atom stereocenters. The lowest BCUT2D eigenvalue weighted by Gasteiger charge is -2.23. The number of nitrogens with one attached hydrogen (secondary N) is 1. The van der Waals surface area contributed by atoms with E-state index in [-0.39, 0.29) is 26.9 Å². The van der Waals surface area contributed by atoms with Crippen LogP contribution < -0.4 is 5.32 Å². The number of carbonyl (C=O) groups excluding carboxylic acids is 3. The van der Waals surface area contributed by atoms with Gasteiger partial charge >= 0.3 is 17.9 Å². The number of benzene rings is 3. The van der Waals surface area contributed by atoms with Crippen LogP contribution in [0.1, 0.15) is 20.7 Å². The Labute approximate surface area is 224 Å². The van der Waals surface area contributed by atoms with Crippen LogP contribution in [-0.2, 0) is 19.1 Å². The third kappa shape index (κ3) is 7.35. The molecule has 3 aromatic carbocycles. The Morgan fingerprint density at radius 3 is 1.47 bits per heavy atom. The Hall–Kier alpha value is -3.30. The minimum atomic E-state index is -2.22. The third-order valence-corrected chi connectivity index (χ3v) is 5.48. The first kappa shape index (κ1) is 27.3. The first-order valence-electron chi connectivity index (χ1n) is 9.96. The highest BCUT2D eigenvalue weighted by Crippen LogP contribution is 2.24. The number of hydrogen-bond acceptors (Lipinski definition) is 6. The molecular weight excluding hydrogens is 556 g/mol. The number of amides is 1. The van der Waals surface area contributed by atoms with E-state index in [1.165, 1.54) is 66.7 Å². The van der Waals surface area contributed by atoms with Crippen molar-refractivity contribution < 1.29 is 33.8 Å². The minimum absolute atomic E-state index is 0.0313. The van der Waals surface area contributed by atoms with Crippen molar-refractivity contribution in [3.8, 4) is 0 Å². The van der Waals surface area contributed by atoms with E-state index in [2.05, 4.69) is 5.32 Å². The van der Waals surface area contributed by atoms with Gasteiger partial charge < -0.3 is 19.9 Å². The number of hydrogen-bond donors (Lipinski definition) is 2. The molecule has 186 valence electrons. The molecule has 36 heavy (non-hydrogen) atoms. The molecule has 2 N–H and O–H groups in total. The van der Waals surface area contributed by atoms with E-state index in [9.17, 15) is 24.3 Å². The Morgan fingerprint density at radius 1 is 0.639 bits per heavy atom. The molecule has 0 fully saturated rings. The van der Waals surface area contributed by atoms with Crippen LogP contribution in [0.2, 0.25) is 20.1 Å². The maximum Gasteiger partial charge on any atom is 0.349 e. The van der Waals surface area contributed by atoms with Crippen molar-refractivity contribution in [2.45, 2.75) is 12.2 Å². The minimum Gasteiger partial charge on any atom is -0.478 e. The Balaban J connectivity index is 1.92. The van der Waals surface area contributed by atoms with Crippen molar-refractivity contribution in [2.24, 2.45) is 0 Å². The Kier molecular flexibility index (Phi) is 9.17. The quantitative estimate of drug-likeness (QED) is 0.330. The van der Waals surface area contributed by atoms with Crippen LogP contribution in [0.3, 0.4) is 0 Å². The number of carboxylic acid groups (broad SMARTS) is 1. The van der Waals surface area contributed by atoms with Gasteiger partial charge in [-0.2, -0.15) is 0 Å². The molecule has 0 saturated heterocycles. The number of carboxylic acids is 1. The van der Waals surface area contributed by atoms with Crippen LogP contribution in [0.25, 0.3) is 0 Å². The maximum absolute atomic E-state index is 13.1. The molecule has 0 aromatic heterocycles. The second kappa shape index (κ2) is 12.1. The number of rotatable bonds is 8. The van der Waals surface area contributed by atoms with Gasteiger partial charge in [-0.05, 0) is 66.7 Å². The van der Waals surface area contributed by atoms with E-state index < -0.39 is 36.0 Å². The number of carbonyl (C=O) groups is 4. The number of aliphatic carboxylic acids is 1. The highest BCUT2D eigenvalue weighted by Gasteiger charge is 2.41. The fourth-order valence-corrected chi connectivity index (χ4v) is 3.65. The average Bonchev–Trinajstić information content (AvgIpc) is 2.81. The van der Waals surface area contributed by atoms with E-state index in [1.807, 2.05) is 0 Å². The Morgan fingerprint density at radius 2 is 1.06 bits per heavy atom. The van der Waals surface area contributed by atoms with E-state index in [0.717, 1.165) is 0 Å². The zero-order chi connectivity index (χ0) is 26.4. The molecule has 0 radical (unpaired) electrons.